The zero-order valence-electron chi connectivity index (χ0n) is 23.8. The van der Waals surface area contributed by atoms with E-state index in [1.165, 1.54) is 36.4 Å². The first-order valence-electron chi connectivity index (χ1n) is 14.5. The number of hydrogen-bond donors (Lipinski definition) is 0. The van der Waals surface area contributed by atoms with E-state index in [2.05, 4.69) is 4.90 Å². The van der Waals surface area contributed by atoms with E-state index in [0.29, 0.717) is 31.8 Å². The summed E-state index contributed by atoms with van der Waals surface area (Å²) in [6, 6.07) is 28.7. The Morgan fingerprint density at radius 3 is 0.804 bits per heavy atom. The second-order valence-electron chi connectivity index (χ2n) is 11.5. The Bertz CT molecular complexity index is 2090. The van der Waals surface area contributed by atoms with E-state index in [0.717, 1.165) is 33.0 Å². The summed E-state index contributed by atoms with van der Waals surface area (Å²) in [6.07, 6.45) is 0. The lowest BCUT2D eigenvalue weighted by Gasteiger charge is -2.52. The average Bonchev–Trinajstić information content (AvgIpc) is 3.08. The van der Waals surface area contributed by atoms with Crippen molar-refractivity contribution in [2.45, 2.75) is 0 Å². The molecule has 10 heteroatoms. The summed E-state index contributed by atoms with van der Waals surface area (Å²) < 4.78 is 48.4. The lowest BCUT2D eigenvalue weighted by atomic mass is 10.1. The van der Waals surface area contributed by atoms with Gasteiger partial charge in [-0.25, -0.2) is 13.2 Å². The smallest absolute Gasteiger partial charge is 0.124 e. The van der Waals surface area contributed by atoms with Crippen molar-refractivity contribution in [3.8, 4) is 0 Å². The Morgan fingerprint density at radius 1 is 0.370 bits per heavy atom. The SMILES string of the molecule is Fc1cc2c3c(c1)P(=S)(c1ccccc1)c1cc(F)cc4c1N3c1c(cc(F)cc1P4(=S)c1ccccc1)P2(=S)c1ccccc1. The first kappa shape index (κ1) is 29.0. The van der Waals surface area contributed by atoms with Crippen LogP contribution in [0, 0.1) is 17.5 Å². The summed E-state index contributed by atoms with van der Waals surface area (Å²) >= 11 is 20.3. The fourth-order valence-corrected chi connectivity index (χ4v) is 20.3. The molecule has 3 aliphatic rings. The zero-order chi connectivity index (χ0) is 31.6. The topological polar surface area (TPSA) is 3.24 Å². The van der Waals surface area contributed by atoms with Gasteiger partial charge in [0.1, 0.15) is 17.5 Å². The van der Waals surface area contributed by atoms with Crippen LogP contribution in [0.2, 0.25) is 0 Å². The molecule has 0 amide bonds. The van der Waals surface area contributed by atoms with E-state index >= 15 is 13.2 Å². The highest BCUT2D eigenvalue weighted by molar-refractivity contribution is 8.28. The summed E-state index contributed by atoms with van der Waals surface area (Å²) in [4.78, 5) is 2.08. The number of benzene rings is 6. The van der Waals surface area contributed by atoms with Gasteiger partial charge >= 0.3 is 0 Å². The van der Waals surface area contributed by atoms with Gasteiger partial charge in [-0.1, -0.05) is 126 Å². The monoisotopic (exact) mass is 713 g/mol. The minimum Gasteiger partial charge on any atom is -0.306 e. The molecule has 0 saturated carbocycles. The van der Waals surface area contributed by atoms with Gasteiger partial charge in [0, 0.05) is 49.9 Å². The van der Waals surface area contributed by atoms with Gasteiger partial charge in [-0.3, -0.25) is 0 Å². The van der Waals surface area contributed by atoms with Crippen molar-refractivity contribution in [1.29, 1.82) is 0 Å². The minimum atomic E-state index is -3.08. The van der Waals surface area contributed by atoms with Gasteiger partial charge in [0.05, 0.1) is 17.1 Å². The van der Waals surface area contributed by atoms with Crippen molar-refractivity contribution < 1.29 is 13.2 Å². The molecule has 0 radical (unpaired) electrons. The van der Waals surface area contributed by atoms with Crippen molar-refractivity contribution in [3.63, 3.8) is 0 Å². The molecular weight excluding hydrogens is 693 g/mol. The summed E-state index contributed by atoms with van der Waals surface area (Å²) in [6.45, 7) is 0. The molecule has 0 unspecified atom stereocenters. The Labute approximate surface area is 279 Å². The van der Waals surface area contributed by atoms with Gasteiger partial charge in [-0.2, -0.15) is 0 Å². The van der Waals surface area contributed by atoms with Crippen LogP contribution in [0.25, 0.3) is 0 Å². The van der Waals surface area contributed by atoms with E-state index in [-0.39, 0.29) is 0 Å². The second kappa shape index (κ2) is 9.94. The van der Waals surface area contributed by atoms with Crippen LogP contribution in [0.4, 0.5) is 30.2 Å². The average molecular weight is 714 g/mol. The molecule has 0 fully saturated rings. The van der Waals surface area contributed by atoms with Crippen molar-refractivity contribution in [2.75, 3.05) is 4.90 Å². The molecule has 0 atom stereocenters. The Balaban J connectivity index is 1.57. The molecular formula is C36H21F3NP3S3. The summed E-state index contributed by atoms with van der Waals surface area (Å²) in [5.74, 6) is -1.43. The van der Waals surface area contributed by atoms with Crippen LogP contribution >= 0.6 is 18.1 Å². The molecule has 9 rings (SSSR count). The highest BCUT2D eigenvalue weighted by atomic mass is 32.4. The fraction of sp³-hybridized carbons (Fsp3) is 0. The third kappa shape index (κ3) is 3.57. The number of anilines is 3. The third-order valence-corrected chi connectivity index (χ3v) is 23.8. The van der Waals surface area contributed by atoms with Crippen LogP contribution in [0.3, 0.4) is 0 Å². The normalized spacial score (nSPS) is 23.2. The molecule has 3 heterocycles. The van der Waals surface area contributed by atoms with Crippen LogP contribution in [0.5, 0.6) is 0 Å². The van der Waals surface area contributed by atoms with Crippen LogP contribution < -0.4 is 52.6 Å². The predicted octanol–water partition coefficient (Wildman–Crippen LogP) is 5.78. The van der Waals surface area contributed by atoms with Gasteiger partial charge in [0.15, 0.2) is 0 Å². The molecule has 6 aromatic carbocycles. The van der Waals surface area contributed by atoms with E-state index in [9.17, 15) is 0 Å². The van der Waals surface area contributed by atoms with E-state index < -0.39 is 35.6 Å². The number of rotatable bonds is 3. The standard InChI is InChI=1S/C36H21F3NP3S3/c37-22-16-28-34-30(18-22)42(45,26-12-6-2-7-13-26)32-20-24(39)21-33-36(32)40(34)35-29(41(28,44)25-10-4-1-5-11-25)17-23(38)19-31(35)43(33,46)27-14-8-3-9-15-27/h1-21H. The van der Waals surface area contributed by atoms with Gasteiger partial charge in [0.2, 0.25) is 0 Å². The van der Waals surface area contributed by atoms with Crippen molar-refractivity contribution in [2.24, 2.45) is 0 Å². The van der Waals surface area contributed by atoms with Gasteiger partial charge in [-0.15, -0.1) is 0 Å². The van der Waals surface area contributed by atoms with Crippen molar-refractivity contribution in [1.82, 2.24) is 0 Å². The summed E-state index contributed by atoms with van der Waals surface area (Å²) in [5, 5.41) is 6.18. The van der Waals surface area contributed by atoms with Crippen LogP contribution in [0.1, 0.15) is 0 Å². The van der Waals surface area contributed by atoms with E-state index in [4.69, 9.17) is 35.4 Å². The molecule has 224 valence electrons. The lowest BCUT2D eigenvalue weighted by molar-refractivity contribution is 0.630. The number of nitrogens with zero attached hydrogens (tertiary/aromatic N) is 1. The minimum absolute atomic E-state index is 0.476. The lowest BCUT2D eigenvalue weighted by Crippen LogP contribution is -2.53. The predicted molar refractivity (Wildman–Crippen MR) is 200 cm³/mol. The maximum atomic E-state index is 16.1. The molecule has 3 aliphatic heterocycles. The molecule has 0 aromatic heterocycles. The van der Waals surface area contributed by atoms with E-state index in [1.807, 2.05) is 91.0 Å². The highest BCUT2D eigenvalue weighted by Gasteiger charge is 2.53. The summed E-state index contributed by atoms with van der Waals surface area (Å²) in [5.41, 5.74) is 2.20. The molecule has 1 nitrogen and oxygen atoms in total. The molecule has 46 heavy (non-hydrogen) atoms. The quantitative estimate of drug-likeness (QED) is 0.214. The largest absolute Gasteiger partial charge is 0.306 e. The fourth-order valence-electron chi connectivity index (χ4n) is 7.31. The van der Waals surface area contributed by atoms with Gasteiger partial charge < -0.3 is 4.90 Å². The Morgan fingerprint density at radius 2 is 0.587 bits per heavy atom. The van der Waals surface area contributed by atoms with Gasteiger partial charge in [-0.05, 0) is 52.3 Å². The highest BCUT2D eigenvalue weighted by Crippen LogP contribution is 2.65. The van der Waals surface area contributed by atoms with Crippen LogP contribution in [0.15, 0.2) is 127 Å². The summed E-state index contributed by atoms with van der Waals surface area (Å²) in [7, 11) is 0. The van der Waals surface area contributed by atoms with Gasteiger partial charge in [0.25, 0.3) is 0 Å². The third-order valence-electron chi connectivity index (χ3n) is 9.17. The van der Waals surface area contributed by atoms with Crippen LogP contribution in [-0.4, -0.2) is 0 Å². The Kier molecular flexibility index (Phi) is 6.27. The first-order chi connectivity index (χ1) is 22.2. The number of halogens is 3. The van der Waals surface area contributed by atoms with Crippen LogP contribution in [-0.2, 0) is 35.4 Å². The molecule has 0 bridgehead atoms. The second-order valence-corrected chi connectivity index (χ2v) is 24.6. The zero-order valence-corrected chi connectivity index (χ0v) is 28.9. The molecule has 0 saturated heterocycles. The maximum absolute atomic E-state index is 16.1. The maximum Gasteiger partial charge on any atom is 0.124 e. The molecule has 6 aromatic rings. The Hall–Kier alpha value is -3.14. The molecule has 0 spiro atoms. The van der Waals surface area contributed by atoms with Crippen molar-refractivity contribution in [3.05, 3.63) is 145 Å². The molecule has 0 aliphatic carbocycles. The van der Waals surface area contributed by atoms with Crippen molar-refractivity contribution >= 4 is 118 Å². The number of hydrogen-bond acceptors (Lipinski definition) is 4. The first-order valence-corrected chi connectivity index (χ1v) is 22.9. The molecule has 0 N–H and O–H groups in total. The van der Waals surface area contributed by atoms with E-state index in [1.54, 1.807) is 0 Å².